The molecular weight excluding hydrogens is 242 g/mol. The maximum atomic E-state index is 13.5. The van der Waals surface area contributed by atoms with Crippen molar-refractivity contribution < 1.29 is 18.3 Å². The summed E-state index contributed by atoms with van der Waals surface area (Å²) in [6.45, 7) is 1.57. The summed E-state index contributed by atoms with van der Waals surface area (Å²) in [5.41, 5.74) is 0.102. The Morgan fingerprint density at radius 1 is 1.33 bits per heavy atom. The molecule has 0 amide bonds. The number of methoxy groups -OCH3 is 1. The van der Waals surface area contributed by atoms with E-state index in [0.29, 0.717) is 5.69 Å². The number of carbonyl (C=O) groups is 1. The van der Waals surface area contributed by atoms with Crippen LogP contribution < -0.4 is 0 Å². The van der Waals surface area contributed by atoms with Crippen molar-refractivity contribution in [3.05, 3.63) is 41.2 Å². The lowest BCUT2D eigenvalue weighted by molar-refractivity contribution is 0.0594. The van der Waals surface area contributed by atoms with Gasteiger partial charge in [0.2, 0.25) is 0 Å². The number of carbonyl (C=O) groups excluding carboxylic acids is 1. The Bertz CT molecular complexity index is 588. The fourth-order valence-corrected chi connectivity index (χ4v) is 1.60. The minimum atomic E-state index is -0.750. The number of imidazole rings is 1. The predicted octanol–water partition coefficient (Wildman–Crippen LogP) is 2.45. The number of hydrogen-bond donors (Lipinski definition) is 1. The number of ether oxygens (including phenoxy) is 1. The average molecular weight is 252 g/mol. The zero-order chi connectivity index (χ0) is 13.3. The fraction of sp³-hybridized carbons (Fsp3) is 0.167. The van der Waals surface area contributed by atoms with Crippen LogP contribution in [0.4, 0.5) is 8.78 Å². The highest BCUT2D eigenvalue weighted by Gasteiger charge is 2.20. The average Bonchev–Trinajstić information content (AvgIpc) is 2.70. The van der Waals surface area contributed by atoms with Crippen molar-refractivity contribution >= 4 is 5.97 Å². The van der Waals surface area contributed by atoms with Gasteiger partial charge in [-0.05, 0) is 19.1 Å². The van der Waals surface area contributed by atoms with Crippen LogP contribution >= 0.6 is 0 Å². The molecule has 0 spiro atoms. The van der Waals surface area contributed by atoms with Crippen LogP contribution in [0.5, 0.6) is 0 Å². The van der Waals surface area contributed by atoms with Crippen molar-refractivity contribution in [3.63, 3.8) is 0 Å². The lowest BCUT2D eigenvalue weighted by Gasteiger charge is -2.00. The molecule has 2 aromatic rings. The number of nitrogens with one attached hydrogen (secondary N) is 1. The summed E-state index contributed by atoms with van der Waals surface area (Å²) in [5.74, 6) is -2.20. The van der Waals surface area contributed by atoms with E-state index in [1.807, 2.05) is 0 Å². The molecule has 6 heteroatoms. The zero-order valence-electron chi connectivity index (χ0n) is 9.75. The summed E-state index contributed by atoms with van der Waals surface area (Å²) in [7, 11) is 1.21. The lowest BCUT2D eigenvalue weighted by Crippen LogP contribution is -2.03. The molecule has 2 rings (SSSR count). The van der Waals surface area contributed by atoms with Gasteiger partial charge in [0, 0.05) is 5.69 Å². The number of hydrogen-bond acceptors (Lipinski definition) is 3. The molecule has 0 unspecified atom stereocenters. The predicted molar refractivity (Wildman–Crippen MR) is 60.0 cm³/mol. The van der Waals surface area contributed by atoms with Crippen LogP contribution in [0, 0.1) is 18.6 Å². The first-order valence-electron chi connectivity index (χ1n) is 5.14. The van der Waals surface area contributed by atoms with Gasteiger partial charge in [-0.15, -0.1) is 0 Å². The van der Waals surface area contributed by atoms with E-state index in [4.69, 9.17) is 0 Å². The molecule has 0 fully saturated rings. The van der Waals surface area contributed by atoms with Crippen molar-refractivity contribution in [1.29, 1.82) is 0 Å². The number of H-pyrrole nitrogens is 1. The van der Waals surface area contributed by atoms with Gasteiger partial charge in [0.05, 0.1) is 12.7 Å². The largest absolute Gasteiger partial charge is 0.464 e. The molecule has 0 bridgehead atoms. The smallest absolute Gasteiger partial charge is 0.358 e. The third-order valence-corrected chi connectivity index (χ3v) is 2.46. The van der Waals surface area contributed by atoms with Crippen molar-refractivity contribution in [1.82, 2.24) is 9.97 Å². The van der Waals surface area contributed by atoms with E-state index in [-0.39, 0.29) is 17.1 Å². The molecule has 0 aliphatic rings. The van der Waals surface area contributed by atoms with E-state index in [1.165, 1.54) is 13.2 Å². The molecule has 0 aliphatic heterocycles. The number of esters is 1. The van der Waals surface area contributed by atoms with E-state index in [2.05, 4.69) is 14.7 Å². The Morgan fingerprint density at radius 2 is 1.94 bits per heavy atom. The van der Waals surface area contributed by atoms with E-state index in [0.717, 1.165) is 12.1 Å². The summed E-state index contributed by atoms with van der Waals surface area (Å²) in [6, 6.07) is 3.49. The van der Waals surface area contributed by atoms with Gasteiger partial charge in [0.25, 0.3) is 0 Å². The van der Waals surface area contributed by atoms with E-state index >= 15 is 0 Å². The Balaban J connectivity index is 2.56. The number of aromatic nitrogens is 2. The summed E-state index contributed by atoms with van der Waals surface area (Å²) in [6.07, 6.45) is 0. The maximum absolute atomic E-state index is 13.5. The third kappa shape index (κ3) is 1.97. The molecule has 1 heterocycles. The van der Waals surface area contributed by atoms with Crippen molar-refractivity contribution in [3.8, 4) is 11.4 Å². The topological polar surface area (TPSA) is 55.0 Å². The summed E-state index contributed by atoms with van der Waals surface area (Å²) in [4.78, 5) is 17.9. The van der Waals surface area contributed by atoms with Crippen LogP contribution in [-0.2, 0) is 4.74 Å². The molecule has 18 heavy (non-hydrogen) atoms. The lowest BCUT2D eigenvalue weighted by atomic mass is 10.2. The van der Waals surface area contributed by atoms with Gasteiger partial charge in [0.1, 0.15) is 17.5 Å². The third-order valence-electron chi connectivity index (χ3n) is 2.46. The quantitative estimate of drug-likeness (QED) is 0.835. The molecule has 0 aliphatic carbocycles. The van der Waals surface area contributed by atoms with Crippen LogP contribution in [-0.4, -0.2) is 23.0 Å². The second-order valence-electron chi connectivity index (χ2n) is 3.65. The molecule has 0 saturated carbocycles. The monoisotopic (exact) mass is 252 g/mol. The number of aromatic amines is 1. The van der Waals surface area contributed by atoms with Crippen molar-refractivity contribution in [2.24, 2.45) is 0 Å². The Kier molecular flexibility index (Phi) is 3.10. The number of nitrogens with zero attached hydrogens (tertiary/aromatic N) is 1. The second-order valence-corrected chi connectivity index (χ2v) is 3.65. The van der Waals surface area contributed by atoms with Crippen LogP contribution in [0.2, 0.25) is 0 Å². The molecule has 94 valence electrons. The standard InChI is InChI=1S/C12H10F2N2O2/c1-6-10(12(17)18-2)16-11(15-6)9-7(13)4-3-5-8(9)14/h3-5H,1-2H3,(H,15,16). The van der Waals surface area contributed by atoms with Gasteiger partial charge in [-0.1, -0.05) is 6.07 Å². The molecular formula is C12H10F2N2O2. The Morgan fingerprint density at radius 3 is 2.50 bits per heavy atom. The van der Waals surface area contributed by atoms with Crippen LogP contribution in [0.25, 0.3) is 11.4 Å². The highest BCUT2D eigenvalue weighted by Crippen LogP contribution is 2.24. The van der Waals surface area contributed by atoms with E-state index in [9.17, 15) is 13.6 Å². The minimum absolute atomic E-state index is 0.00940. The van der Waals surface area contributed by atoms with Crippen molar-refractivity contribution in [2.75, 3.05) is 7.11 Å². The van der Waals surface area contributed by atoms with Crippen LogP contribution in [0.15, 0.2) is 18.2 Å². The molecule has 4 nitrogen and oxygen atoms in total. The van der Waals surface area contributed by atoms with E-state index in [1.54, 1.807) is 6.92 Å². The van der Waals surface area contributed by atoms with Gasteiger partial charge in [-0.25, -0.2) is 18.6 Å². The SMILES string of the molecule is COC(=O)c1nc(-c2c(F)cccc2F)[nH]c1C. The molecule has 1 N–H and O–H groups in total. The second kappa shape index (κ2) is 4.56. The van der Waals surface area contributed by atoms with Gasteiger partial charge in [0.15, 0.2) is 5.69 Å². The number of rotatable bonds is 2. The molecule has 1 aromatic carbocycles. The van der Waals surface area contributed by atoms with Crippen molar-refractivity contribution in [2.45, 2.75) is 6.92 Å². The highest BCUT2D eigenvalue weighted by molar-refractivity contribution is 5.89. The first kappa shape index (κ1) is 12.2. The minimum Gasteiger partial charge on any atom is -0.464 e. The molecule has 1 aromatic heterocycles. The summed E-state index contributed by atoms with van der Waals surface area (Å²) >= 11 is 0. The van der Waals surface area contributed by atoms with Crippen LogP contribution in [0.1, 0.15) is 16.2 Å². The summed E-state index contributed by atoms with van der Waals surface area (Å²) < 4.78 is 31.6. The van der Waals surface area contributed by atoms with Gasteiger partial charge in [-0.2, -0.15) is 0 Å². The maximum Gasteiger partial charge on any atom is 0.358 e. The normalized spacial score (nSPS) is 10.4. The molecule has 0 radical (unpaired) electrons. The number of halogens is 2. The first-order valence-corrected chi connectivity index (χ1v) is 5.14. The van der Waals surface area contributed by atoms with Gasteiger partial charge in [-0.3, -0.25) is 0 Å². The van der Waals surface area contributed by atoms with Crippen LogP contribution in [0.3, 0.4) is 0 Å². The number of aryl methyl sites for hydroxylation is 1. The fourth-order valence-electron chi connectivity index (χ4n) is 1.60. The Labute approximate surface area is 102 Å². The Hall–Kier alpha value is -2.24. The molecule has 0 saturated heterocycles. The summed E-state index contributed by atoms with van der Waals surface area (Å²) in [5, 5.41) is 0. The molecule has 0 atom stereocenters. The highest BCUT2D eigenvalue weighted by atomic mass is 19.1. The zero-order valence-corrected chi connectivity index (χ0v) is 9.75. The first-order chi connectivity index (χ1) is 8.54. The number of benzene rings is 1. The van der Waals surface area contributed by atoms with Gasteiger partial charge >= 0.3 is 5.97 Å². The van der Waals surface area contributed by atoms with E-state index < -0.39 is 17.6 Å². The van der Waals surface area contributed by atoms with Gasteiger partial charge < -0.3 is 9.72 Å².